The second-order valence-corrected chi connectivity index (χ2v) is 4.96. The molecule has 0 bridgehead atoms. The number of benzene rings is 1. The fraction of sp³-hybridized carbons (Fsp3) is 0.273. The zero-order valence-electron chi connectivity index (χ0n) is 8.24. The maximum absolute atomic E-state index is 9.40. The van der Waals surface area contributed by atoms with Crippen molar-refractivity contribution in [3.8, 4) is 5.75 Å². The maximum atomic E-state index is 9.40. The number of thiophene rings is 1. The molecule has 0 saturated carbocycles. The summed E-state index contributed by atoms with van der Waals surface area (Å²) in [6.07, 6.45) is 0. The van der Waals surface area contributed by atoms with Crippen LogP contribution in [-0.2, 0) is 5.54 Å². The molecule has 0 saturated heterocycles. The van der Waals surface area contributed by atoms with Gasteiger partial charge in [0.25, 0.3) is 0 Å². The molecule has 0 atom stereocenters. The minimum Gasteiger partial charge on any atom is -0.508 e. The van der Waals surface area contributed by atoms with Crippen molar-refractivity contribution in [1.29, 1.82) is 0 Å². The predicted octanol–water partition coefficient (Wildman–Crippen LogP) is 2.80. The Balaban J connectivity index is 2.73. The average Bonchev–Trinajstić information content (AvgIpc) is 2.45. The van der Waals surface area contributed by atoms with Gasteiger partial charge in [-0.25, -0.2) is 0 Å². The standard InChI is InChI=1S/C11H13NOS/c1-11(2,12)9-6-14-10-4-3-7(13)5-8(9)10/h3-6,13H,12H2,1-2H3. The molecule has 2 rings (SSSR count). The second kappa shape index (κ2) is 2.97. The molecule has 14 heavy (non-hydrogen) atoms. The molecular weight excluding hydrogens is 194 g/mol. The molecular formula is C11H13NOS. The van der Waals surface area contributed by atoms with Gasteiger partial charge in [-0.3, -0.25) is 0 Å². The molecule has 3 N–H and O–H groups in total. The lowest BCUT2D eigenvalue weighted by Gasteiger charge is -2.17. The topological polar surface area (TPSA) is 46.2 Å². The molecule has 0 unspecified atom stereocenters. The Hall–Kier alpha value is -1.06. The highest BCUT2D eigenvalue weighted by molar-refractivity contribution is 7.17. The summed E-state index contributed by atoms with van der Waals surface area (Å²) in [6.45, 7) is 3.94. The Labute approximate surface area is 87.0 Å². The minimum absolute atomic E-state index is 0.293. The zero-order chi connectivity index (χ0) is 10.3. The van der Waals surface area contributed by atoms with E-state index in [-0.39, 0.29) is 5.54 Å². The maximum Gasteiger partial charge on any atom is 0.116 e. The summed E-state index contributed by atoms with van der Waals surface area (Å²) < 4.78 is 1.16. The van der Waals surface area contributed by atoms with E-state index in [1.807, 2.05) is 19.9 Å². The lowest BCUT2D eigenvalue weighted by Crippen LogP contribution is -2.28. The highest BCUT2D eigenvalue weighted by Gasteiger charge is 2.18. The van der Waals surface area contributed by atoms with Crippen LogP contribution < -0.4 is 5.73 Å². The Morgan fingerprint density at radius 3 is 2.71 bits per heavy atom. The number of fused-ring (bicyclic) bond motifs is 1. The Bertz CT molecular complexity index is 468. The van der Waals surface area contributed by atoms with Crippen molar-refractivity contribution in [2.45, 2.75) is 19.4 Å². The van der Waals surface area contributed by atoms with E-state index in [2.05, 4.69) is 5.38 Å². The van der Waals surface area contributed by atoms with Gasteiger partial charge in [-0.05, 0) is 43.0 Å². The molecule has 0 amide bonds. The number of hydrogen-bond acceptors (Lipinski definition) is 3. The van der Waals surface area contributed by atoms with E-state index in [9.17, 15) is 5.11 Å². The van der Waals surface area contributed by atoms with Gasteiger partial charge in [0.2, 0.25) is 0 Å². The Morgan fingerprint density at radius 1 is 1.36 bits per heavy atom. The highest BCUT2D eigenvalue weighted by atomic mass is 32.1. The Kier molecular flexibility index (Phi) is 2.01. The molecule has 1 aromatic heterocycles. The highest BCUT2D eigenvalue weighted by Crippen LogP contribution is 2.33. The van der Waals surface area contributed by atoms with Crippen LogP contribution in [0.4, 0.5) is 0 Å². The van der Waals surface area contributed by atoms with E-state index in [1.54, 1.807) is 23.5 Å². The first-order valence-corrected chi connectivity index (χ1v) is 5.36. The smallest absolute Gasteiger partial charge is 0.116 e. The lowest BCUT2D eigenvalue weighted by atomic mass is 9.95. The third kappa shape index (κ3) is 1.49. The second-order valence-electron chi connectivity index (χ2n) is 4.05. The number of phenolic OH excluding ortho intramolecular Hbond substituents is 1. The molecule has 0 aliphatic rings. The summed E-state index contributed by atoms with van der Waals surface area (Å²) in [5.41, 5.74) is 6.78. The van der Waals surface area contributed by atoms with Crippen molar-refractivity contribution >= 4 is 21.4 Å². The molecule has 0 aliphatic carbocycles. The number of hydrogen-bond donors (Lipinski definition) is 2. The van der Waals surface area contributed by atoms with Crippen molar-refractivity contribution < 1.29 is 5.11 Å². The van der Waals surface area contributed by atoms with Crippen molar-refractivity contribution in [3.05, 3.63) is 29.1 Å². The van der Waals surface area contributed by atoms with Crippen LogP contribution in [0, 0.1) is 0 Å². The summed E-state index contributed by atoms with van der Waals surface area (Å²) in [5.74, 6) is 0.293. The van der Waals surface area contributed by atoms with Crippen LogP contribution in [0.1, 0.15) is 19.4 Å². The van der Waals surface area contributed by atoms with E-state index in [1.165, 1.54) is 0 Å². The van der Waals surface area contributed by atoms with Gasteiger partial charge in [0.05, 0.1) is 0 Å². The van der Waals surface area contributed by atoms with Gasteiger partial charge in [0.15, 0.2) is 0 Å². The van der Waals surface area contributed by atoms with Crippen LogP contribution in [0.2, 0.25) is 0 Å². The summed E-state index contributed by atoms with van der Waals surface area (Å²) in [4.78, 5) is 0. The number of nitrogens with two attached hydrogens (primary N) is 1. The SMILES string of the molecule is CC(C)(N)c1csc2ccc(O)cc12. The molecule has 74 valence electrons. The van der Waals surface area contributed by atoms with Crippen LogP contribution in [-0.4, -0.2) is 5.11 Å². The van der Waals surface area contributed by atoms with Gasteiger partial charge in [-0.15, -0.1) is 11.3 Å². The summed E-state index contributed by atoms with van der Waals surface area (Å²) in [5, 5.41) is 12.5. The third-order valence-corrected chi connectivity index (χ3v) is 3.21. The van der Waals surface area contributed by atoms with Crippen molar-refractivity contribution in [3.63, 3.8) is 0 Å². The third-order valence-electron chi connectivity index (χ3n) is 2.25. The molecule has 0 fully saturated rings. The summed E-state index contributed by atoms with van der Waals surface area (Å²) in [7, 11) is 0. The van der Waals surface area contributed by atoms with Crippen LogP contribution >= 0.6 is 11.3 Å². The molecule has 0 radical (unpaired) electrons. The molecule has 0 spiro atoms. The average molecular weight is 207 g/mol. The predicted molar refractivity (Wildman–Crippen MR) is 60.7 cm³/mol. The molecule has 3 heteroatoms. The van der Waals surface area contributed by atoms with E-state index in [0.29, 0.717) is 5.75 Å². The first-order chi connectivity index (χ1) is 6.48. The van der Waals surface area contributed by atoms with E-state index < -0.39 is 0 Å². The number of phenols is 1. The van der Waals surface area contributed by atoms with Gasteiger partial charge >= 0.3 is 0 Å². The molecule has 1 aromatic carbocycles. The molecule has 2 nitrogen and oxygen atoms in total. The number of rotatable bonds is 1. The van der Waals surface area contributed by atoms with Crippen molar-refractivity contribution in [2.75, 3.05) is 0 Å². The van der Waals surface area contributed by atoms with Crippen LogP contribution in [0.3, 0.4) is 0 Å². The first kappa shape index (κ1) is 9.49. The van der Waals surface area contributed by atoms with Crippen molar-refractivity contribution in [1.82, 2.24) is 0 Å². The van der Waals surface area contributed by atoms with Crippen LogP contribution in [0.15, 0.2) is 23.6 Å². The van der Waals surface area contributed by atoms with Gasteiger partial charge in [-0.2, -0.15) is 0 Å². The normalized spacial score (nSPS) is 12.2. The fourth-order valence-electron chi connectivity index (χ4n) is 1.52. The molecule has 1 heterocycles. The van der Waals surface area contributed by atoms with Gasteiger partial charge in [0.1, 0.15) is 5.75 Å². The monoisotopic (exact) mass is 207 g/mol. The van der Waals surface area contributed by atoms with Gasteiger partial charge in [-0.1, -0.05) is 0 Å². The van der Waals surface area contributed by atoms with Gasteiger partial charge in [0, 0.05) is 15.6 Å². The fourth-order valence-corrected chi connectivity index (χ4v) is 2.63. The van der Waals surface area contributed by atoms with Gasteiger partial charge < -0.3 is 10.8 Å². The lowest BCUT2D eigenvalue weighted by molar-refractivity contribution is 0.476. The van der Waals surface area contributed by atoms with Crippen LogP contribution in [0.5, 0.6) is 5.75 Å². The van der Waals surface area contributed by atoms with E-state index in [4.69, 9.17) is 5.73 Å². The minimum atomic E-state index is -0.355. The number of aromatic hydroxyl groups is 1. The Morgan fingerprint density at radius 2 is 2.07 bits per heavy atom. The van der Waals surface area contributed by atoms with E-state index in [0.717, 1.165) is 15.6 Å². The summed E-state index contributed by atoms with van der Waals surface area (Å²) >= 11 is 1.66. The largest absolute Gasteiger partial charge is 0.508 e. The molecule has 2 aromatic rings. The first-order valence-electron chi connectivity index (χ1n) is 4.48. The van der Waals surface area contributed by atoms with Crippen LogP contribution in [0.25, 0.3) is 10.1 Å². The summed E-state index contributed by atoms with van der Waals surface area (Å²) in [6, 6.07) is 5.40. The molecule has 0 aliphatic heterocycles. The zero-order valence-corrected chi connectivity index (χ0v) is 9.06. The van der Waals surface area contributed by atoms with Crippen molar-refractivity contribution in [2.24, 2.45) is 5.73 Å². The van der Waals surface area contributed by atoms with E-state index >= 15 is 0 Å². The quantitative estimate of drug-likeness (QED) is 0.755.